The summed E-state index contributed by atoms with van der Waals surface area (Å²) in [5.41, 5.74) is 3.43. The van der Waals surface area contributed by atoms with E-state index in [9.17, 15) is 5.11 Å². The molecule has 27 heavy (non-hydrogen) atoms. The van der Waals surface area contributed by atoms with Gasteiger partial charge in [-0.2, -0.15) is 0 Å². The van der Waals surface area contributed by atoms with Crippen LogP contribution in [-0.4, -0.2) is 58.8 Å². The fourth-order valence-corrected chi connectivity index (χ4v) is 3.69. The Hall–Kier alpha value is -1.69. The lowest BCUT2D eigenvalue weighted by Crippen LogP contribution is -2.49. The molecule has 0 saturated carbocycles. The molecular weight excluding hydrogens is 360 g/mol. The van der Waals surface area contributed by atoms with E-state index < -0.39 is 0 Å². The molecule has 1 N–H and O–H groups in total. The number of aliphatic hydroxyl groups excluding tert-OH is 1. The first kappa shape index (κ1) is 20.1. The van der Waals surface area contributed by atoms with Crippen molar-refractivity contribution in [3.05, 3.63) is 51.9 Å². The van der Waals surface area contributed by atoms with E-state index in [0.29, 0.717) is 0 Å². The highest BCUT2D eigenvalue weighted by molar-refractivity contribution is 6.30. The second-order valence-electron chi connectivity index (χ2n) is 7.31. The first-order valence-electron chi connectivity index (χ1n) is 9.70. The van der Waals surface area contributed by atoms with Crippen molar-refractivity contribution in [3.8, 4) is 0 Å². The molecule has 1 aliphatic heterocycles. The van der Waals surface area contributed by atoms with E-state index in [2.05, 4.69) is 33.8 Å². The summed E-state index contributed by atoms with van der Waals surface area (Å²) in [4.78, 5) is 14.1. The number of halogens is 1. The third-order valence-electron chi connectivity index (χ3n) is 5.21. The molecule has 1 saturated heterocycles. The number of aliphatic hydroxyl groups is 1. The predicted molar refractivity (Wildman–Crippen MR) is 111 cm³/mol. The Labute approximate surface area is 167 Å². The van der Waals surface area contributed by atoms with Crippen molar-refractivity contribution in [3.63, 3.8) is 0 Å². The quantitative estimate of drug-likeness (QED) is 0.823. The van der Waals surface area contributed by atoms with Gasteiger partial charge in [-0.05, 0) is 38.0 Å². The molecule has 3 rings (SSSR count). The molecule has 1 aromatic carbocycles. The van der Waals surface area contributed by atoms with Gasteiger partial charge in [0.05, 0.1) is 6.10 Å². The van der Waals surface area contributed by atoms with Gasteiger partial charge in [-0.1, -0.05) is 30.7 Å². The van der Waals surface area contributed by atoms with Gasteiger partial charge in [0.2, 0.25) is 0 Å². The fourth-order valence-electron chi connectivity index (χ4n) is 3.56. The Morgan fingerprint density at radius 2 is 1.74 bits per heavy atom. The smallest absolute Gasteiger partial charge is 0.136 e. The average molecular weight is 389 g/mol. The third kappa shape index (κ3) is 5.18. The average Bonchev–Trinajstić information content (AvgIpc) is 2.66. The van der Waals surface area contributed by atoms with E-state index in [-0.39, 0.29) is 6.10 Å². The topological polar surface area (TPSA) is 52.5 Å². The molecule has 1 fully saturated rings. The number of aromatic nitrogens is 2. The summed E-state index contributed by atoms with van der Waals surface area (Å²) in [5.74, 6) is 1.86. The highest BCUT2D eigenvalue weighted by Crippen LogP contribution is 2.25. The summed E-state index contributed by atoms with van der Waals surface area (Å²) in [6.07, 6.45) is 1.36. The maximum absolute atomic E-state index is 9.91. The summed E-state index contributed by atoms with van der Waals surface area (Å²) in [5, 5.41) is 10.7. The summed E-state index contributed by atoms with van der Waals surface area (Å²) in [6, 6.07) is 7.99. The molecule has 5 nitrogen and oxygen atoms in total. The summed E-state index contributed by atoms with van der Waals surface area (Å²) < 4.78 is 0. The van der Waals surface area contributed by atoms with Gasteiger partial charge in [0.25, 0.3) is 0 Å². The van der Waals surface area contributed by atoms with E-state index in [0.717, 1.165) is 67.9 Å². The number of anilines is 1. The molecule has 1 aromatic heterocycles. The van der Waals surface area contributed by atoms with Crippen molar-refractivity contribution in [1.29, 1.82) is 0 Å². The molecule has 146 valence electrons. The molecular formula is C21H29ClN4O. The van der Waals surface area contributed by atoms with Crippen molar-refractivity contribution >= 4 is 17.4 Å². The number of rotatable bonds is 6. The van der Waals surface area contributed by atoms with Gasteiger partial charge in [0.1, 0.15) is 11.6 Å². The molecule has 1 aliphatic rings. The SMILES string of the molecule is CC[C@@H](O)CN1CCN(c2nc(C)nc(C)c2Cc2ccc(Cl)cc2)CC1. The van der Waals surface area contributed by atoms with Crippen LogP contribution in [0, 0.1) is 13.8 Å². The van der Waals surface area contributed by atoms with Crippen LogP contribution in [0.1, 0.15) is 36.0 Å². The molecule has 2 heterocycles. The maximum atomic E-state index is 9.91. The molecule has 0 bridgehead atoms. The standard InChI is InChI=1S/C21H29ClN4O/c1-4-19(27)14-25-9-11-26(12-10-25)21-20(15(2)23-16(3)24-21)13-17-5-7-18(22)8-6-17/h5-8,19,27H,4,9-14H2,1-3H3/t19-/m1/s1. The summed E-state index contributed by atoms with van der Waals surface area (Å²) in [7, 11) is 0. The summed E-state index contributed by atoms with van der Waals surface area (Å²) in [6.45, 7) is 10.5. The van der Waals surface area contributed by atoms with E-state index in [1.54, 1.807) is 0 Å². The van der Waals surface area contributed by atoms with Gasteiger partial charge in [0, 0.05) is 55.4 Å². The van der Waals surface area contributed by atoms with Gasteiger partial charge >= 0.3 is 0 Å². The van der Waals surface area contributed by atoms with Gasteiger partial charge in [-0.25, -0.2) is 9.97 Å². The minimum Gasteiger partial charge on any atom is -0.392 e. The lowest BCUT2D eigenvalue weighted by molar-refractivity contribution is 0.106. The van der Waals surface area contributed by atoms with Crippen molar-refractivity contribution in [2.45, 2.75) is 39.7 Å². The van der Waals surface area contributed by atoms with Crippen molar-refractivity contribution in [2.75, 3.05) is 37.6 Å². The fraction of sp³-hybridized carbons (Fsp3) is 0.524. The second-order valence-corrected chi connectivity index (χ2v) is 7.75. The molecule has 0 aliphatic carbocycles. The van der Waals surface area contributed by atoms with Gasteiger partial charge in [0.15, 0.2) is 0 Å². The van der Waals surface area contributed by atoms with Crippen LogP contribution in [-0.2, 0) is 6.42 Å². The molecule has 1 atom stereocenters. The number of piperazine rings is 1. The Balaban J connectivity index is 1.78. The molecule has 0 amide bonds. The zero-order chi connectivity index (χ0) is 19.4. The van der Waals surface area contributed by atoms with Crippen molar-refractivity contribution in [2.24, 2.45) is 0 Å². The number of hydrogen-bond donors (Lipinski definition) is 1. The van der Waals surface area contributed by atoms with Gasteiger partial charge < -0.3 is 10.0 Å². The monoisotopic (exact) mass is 388 g/mol. The second kappa shape index (κ2) is 9.00. The lowest BCUT2D eigenvalue weighted by atomic mass is 10.0. The number of nitrogens with zero attached hydrogens (tertiary/aromatic N) is 4. The Kier molecular flexibility index (Phi) is 6.68. The molecule has 2 aromatic rings. The Morgan fingerprint density at radius 1 is 1.07 bits per heavy atom. The van der Waals surface area contributed by atoms with Gasteiger partial charge in [-0.15, -0.1) is 0 Å². The minimum atomic E-state index is -0.236. The third-order valence-corrected chi connectivity index (χ3v) is 5.46. The predicted octanol–water partition coefficient (Wildman–Crippen LogP) is 3.23. The van der Waals surface area contributed by atoms with Crippen LogP contribution in [0.25, 0.3) is 0 Å². The van der Waals surface area contributed by atoms with Crippen LogP contribution < -0.4 is 4.90 Å². The van der Waals surface area contributed by atoms with Crippen molar-refractivity contribution < 1.29 is 5.11 Å². The Bertz CT molecular complexity index is 758. The van der Waals surface area contributed by atoms with E-state index >= 15 is 0 Å². The maximum Gasteiger partial charge on any atom is 0.136 e. The lowest BCUT2D eigenvalue weighted by Gasteiger charge is -2.37. The zero-order valence-corrected chi connectivity index (χ0v) is 17.2. The molecule has 6 heteroatoms. The van der Waals surface area contributed by atoms with Crippen molar-refractivity contribution in [1.82, 2.24) is 14.9 Å². The first-order chi connectivity index (χ1) is 13.0. The van der Waals surface area contributed by atoms with Crippen LogP contribution in [0.2, 0.25) is 5.02 Å². The van der Waals surface area contributed by atoms with E-state index in [1.165, 1.54) is 11.1 Å². The zero-order valence-electron chi connectivity index (χ0n) is 16.5. The highest BCUT2D eigenvalue weighted by Gasteiger charge is 2.23. The summed E-state index contributed by atoms with van der Waals surface area (Å²) >= 11 is 6.02. The number of hydrogen-bond acceptors (Lipinski definition) is 5. The van der Waals surface area contributed by atoms with Crippen LogP contribution in [0.15, 0.2) is 24.3 Å². The largest absolute Gasteiger partial charge is 0.392 e. The molecule has 0 unspecified atom stereocenters. The van der Waals surface area contributed by atoms with Crippen LogP contribution in [0.3, 0.4) is 0 Å². The Morgan fingerprint density at radius 3 is 2.37 bits per heavy atom. The minimum absolute atomic E-state index is 0.236. The highest BCUT2D eigenvalue weighted by atomic mass is 35.5. The normalized spacial score (nSPS) is 16.6. The number of aryl methyl sites for hydroxylation is 2. The number of benzene rings is 1. The molecule has 0 radical (unpaired) electrons. The molecule has 0 spiro atoms. The van der Waals surface area contributed by atoms with E-state index in [4.69, 9.17) is 16.6 Å². The van der Waals surface area contributed by atoms with E-state index in [1.807, 2.05) is 26.0 Å². The van der Waals surface area contributed by atoms with Crippen LogP contribution >= 0.6 is 11.6 Å². The first-order valence-corrected chi connectivity index (χ1v) is 10.1. The van der Waals surface area contributed by atoms with Crippen LogP contribution in [0.4, 0.5) is 5.82 Å². The van der Waals surface area contributed by atoms with Gasteiger partial charge in [-0.3, -0.25) is 4.90 Å². The van der Waals surface area contributed by atoms with Crippen LogP contribution in [0.5, 0.6) is 0 Å². The number of β-amino-alcohol motifs (C(OH)–C–C–N with tert-alkyl or cyclic N) is 1.